The molecule has 3 aromatic rings. The van der Waals surface area contributed by atoms with Crippen LogP contribution in [0.15, 0.2) is 77.7 Å². The van der Waals surface area contributed by atoms with Crippen molar-refractivity contribution in [2.24, 2.45) is 11.0 Å². The second-order valence-electron chi connectivity index (χ2n) is 11.2. The van der Waals surface area contributed by atoms with E-state index >= 15 is 0 Å². The van der Waals surface area contributed by atoms with E-state index in [-0.39, 0.29) is 5.91 Å². The number of hydrogen-bond donors (Lipinski definition) is 3. The Bertz CT molecular complexity index is 1350. The molecule has 0 radical (unpaired) electrons. The highest BCUT2D eigenvalue weighted by atomic mass is 16.1. The van der Waals surface area contributed by atoms with E-state index in [0.29, 0.717) is 30.4 Å². The fourth-order valence-corrected chi connectivity index (χ4v) is 5.64. The molecule has 8 heteroatoms. The van der Waals surface area contributed by atoms with Crippen molar-refractivity contribution in [3.05, 3.63) is 89.3 Å². The van der Waals surface area contributed by atoms with Gasteiger partial charge in [0.2, 0.25) is 0 Å². The smallest absolute Gasteiger partial charge is 0.251 e. The number of benzene rings is 2. The summed E-state index contributed by atoms with van der Waals surface area (Å²) in [6.45, 7) is 13.2. The number of carbonyl (C=O) groups excluding carboxylic acids is 1. The normalized spacial score (nSPS) is 15.5. The van der Waals surface area contributed by atoms with Gasteiger partial charge in [0, 0.05) is 30.4 Å². The number of hydrogen-bond acceptors (Lipinski definition) is 6. The number of hydrazone groups is 1. The van der Waals surface area contributed by atoms with Crippen LogP contribution in [-0.4, -0.2) is 58.4 Å². The molecule has 42 heavy (non-hydrogen) atoms. The second-order valence-corrected chi connectivity index (χ2v) is 11.2. The van der Waals surface area contributed by atoms with Crippen LogP contribution in [0.5, 0.6) is 0 Å². The molecule has 0 spiro atoms. The quantitative estimate of drug-likeness (QED) is 0.0881. The van der Waals surface area contributed by atoms with Gasteiger partial charge in [0.25, 0.3) is 5.91 Å². The minimum absolute atomic E-state index is 0.0257. The van der Waals surface area contributed by atoms with Gasteiger partial charge < -0.3 is 5.32 Å². The van der Waals surface area contributed by atoms with E-state index in [1.807, 2.05) is 36.4 Å². The van der Waals surface area contributed by atoms with E-state index in [1.54, 1.807) is 0 Å². The van der Waals surface area contributed by atoms with Crippen molar-refractivity contribution in [1.82, 2.24) is 25.4 Å². The van der Waals surface area contributed by atoms with Crippen molar-refractivity contribution in [1.29, 1.82) is 0 Å². The molecule has 4 rings (SSSR count). The Morgan fingerprint density at radius 3 is 2.81 bits per heavy atom. The third-order valence-electron chi connectivity index (χ3n) is 8.32. The summed E-state index contributed by atoms with van der Waals surface area (Å²) in [5.41, 5.74) is 8.96. The van der Waals surface area contributed by atoms with E-state index in [4.69, 9.17) is 0 Å². The molecule has 3 N–H and O–H groups in total. The fourth-order valence-electron chi connectivity index (χ4n) is 5.64. The van der Waals surface area contributed by atoms with Crippen molar-refractivity contribution < 1.29 is 4.79 Å². The van der Waals surface area contributed by atoms with Gasteiger partial charge >= 0.3 is 0 Å². The summed E-state index contributed by atoms with van der Waals surface area (Å²) >= 11 is 0. The predicted molar refractivity (Wildman–Crippen MR) is 173 cm³/mol. The van der Waals surface area contributed by atoms with Gasteiger partial charge in [0.15, 0.2) is 5.82 Å². The first-order chi connectivity index (χ1) is 20.5. The lowest BCUT2D eigenvalue weighted by atomic mass is 9.91. The second kappa shape index (κ2) is 15.8. The van der Waals surface area contributed by atoms with Gasteiger partial charge in [0.05, 0.1) is 5.69 Å². The topological polar surface area (TPSA) is 98.3 Å². The van der Waals surface area contributed by atoms with Gasteiger partial charge in [-0.15, -0.1) is 0 Å². The number of carbonyl (C=O) groups is 1. The maximum Gasteiger partial charge on any atom is 0.251 e. The van der Waals surface area contributed by atoms with Crippen LogP contribution >= 0.6 is 0 Å². The summed E-state index contributed by atoms with van der Waals surface area (Å²) in [7, 11) is 0. The van der Waals surface area contributed by atoms with Crippen LogP contribution in [0.2, 0.25) is 0 Å². The van der Waals surface area contributed by atoms with E-state index in [0.717, 1.165) is 60.6 Å². The lowest BCUT2D eigenvalue weighted by Crippen LogP contribution is -2.40. The molecule has 1 saturated heterocycles. The van der Waals surface area contributed by atoms with Crippen molar-refractivity contribution >= 4 is 18.3 Å². The molecule has 1 aliphatic heterocycles. The zero-order valence-electron chi connectivity index (χ0n) is 25.3. The lowest BCUT2D eigenvalue weighted by Gasteiger charge is -2.36. The Labute approximate surface area is 250 Å². The van der Waals surface area contributed by atoms with Crippen LogP contribution in [0.1, 0.15) is 74.4 Å². The summed E-state index contributed by atoms with van der Waals surface area (Å²) in [4.78, 5) is 19.8. The third kappa shape index (κ3) is 8.73. The van der Waals surface area contributed by atoms with Crippen LogP contribution in [0.4, 0.5) is 5.69 Å². The molecule has 1 amide bonds. The number of piperidine rings is 1. The monoisotopic (exact) mass is 567 g/mol. The lowest BCUT2D eigenvalue weighted by molar-refractivity contribution is 0.0950. The molecule has 8 nitrogen and oxygen atoms in total. The van der Waals surface area contributed by atoms with Crippen molar-refractivity contribution in [2.75, 3.05) is 25.1 Å². The first-order valence-electron chi connectivity index (χ1n) is 15.1. The Morgan fingerprint density at radius 2 is 2.07 bits per heavy atom. The van der Waals surface area contributed by atoms with Gasteiger partial charge in [-0.2, -0.15) is 10.2 Å². The summed E-state index contributed by atoms with van der Waals surface area (Å²) in [6, 6.07) is 14.3. The highest BCUT2D eigenvalue weighted by Gasteiger charge is 2.23. The molecule has 2 heterocycles. The predicted octanol–water partition coefficient (Wildman–Crippen LogP) is 6.61. The number of anilines is 1. The molecule has 0 bridgehead atoms. The van der Waals surface area contributed by atoms with E-state index < -0.39 is 0 Å². The average molecular weight is 568 g/mol. The highest BCUT2D eigenvalue weighted by molar-refractivity contribution is 5.94. The van der Waals surface area contributed by atoms with Crippen molar-refractivity contribution in [2.45, 2.75) is 65.3 Å². The molecular formula is C34H45N7O. The molecule has 1 aromatic heterocycles. The Morgan fingerprint density at radius 1 is 1.24 bits per heavy atom. The highest BCUT2D eigenvalue weighted by Crippen LogP contribution is 2.27. The number of aromatic nitrogens is 3. The average Bonchev–Trinajstić information content (AvgIpc) is 3.56. The molecule has 0 aliphatic carbocycles. The zero-order chi connectivity index (χ0) is 29.7. The SMILES string of the molecule is C=NNc1ccc(-c2ncn[nH]2)cc1Cc1cccc(C(=O)NCCCC2CCN(C(C)/C(C)=C/C/C=C\C)CC2)c1. The van der Waals surface area contributed by atoms with Crippen LogP contribution < -0.4 is 10.7 Å². The number of aromatic amines is 1. The third-order valence-corrected chi connectivity index (χ3v) is 8.32. The minimum Gasteiger partial charge on any atom is -0.352 e. The van der Waals surface area contributed by atoms with Gasteiger partial charge in [-0.05, 0) is 120 Å². The Hall–Kier alpha value is -4.04. The molecule has 0 saturated carbocycles. The summed E-state index contributed by atoms with van der Waals surface area (Å²) < 4.78 is 0. The van der Waals surface area contributed by atoms with Crippen molar-refractivity contribution in [3.63, 3.8) is 0 Å². The van der Waals surface area contributed by atoms with Gasteiger partial charge in [0.1, 0.15) is 6.33 Å². The molecule has 1 unspecified atom stereocenters. The summed E-state index contributed by atoms with van der Waals surface area (Å²) in [5, 5.41) is 13.8. The zero-order valence-corrected chi connectivity index (χ0v) is 25.3. The number of H-pyrrole nitrogens is 1. The van der Waals surface area contributed by atoms with E-state index in [2.05, 4.69) is 87.7 Å². The maximum absolute atomic E-state index is 13.0. The maximum atomic E-state index is 13.0. The number of rotatable bonds is 14. The van der Waals surface area contributed by atoms with E-state index in [1.165, 1.54) is 24.7 Å². The molecule has 1 aliphatic rings. The standard InChI is InChI=1S/C34H45N7O/c1-5-6-7-10-25(2)26(3)41-19-16-27(17-20-41)12-9-18-36-34(42)30-13-8-11-28(21-30)22-31-23-29(33-37-24-38-40-33)14-15-32(31)39-35-4/h5-6,8,10-11,13-15,21,23-24,26-27,39H,4,7,9,12,16-20,22H2,1-3H3,(H,36,42)(H,37,38,40)/b6-5-,25-10+. The van der Waals surface area contributed by atoms with Crippen LogP contribution in [0.3, 0.4) is 0 Å². The molecule has 2 aromatic carbocycles. The van der Waals surface area contributed by atoms with Gasteiger partial charge in [-0.25, -0.2) is 4.98 Å². The Balaban J connectivity index is 1.24. The molecule has 222 valence electrons. The van der Waals surface area contributed by atoms with Crippen molar-refractivity contribution in [3.8, 4) is 11.4 Å². The molecule has 1 fully saturated rings. The van der Waals surface area contributed by atoms with Gasteiger partial charge in [-0.1, -0.05) is 35.9 Å². The molecular weight excluding hydrogens is 522 g/mol. The number of allylic oxidation sites excluding steroid dienone is 3. The van der Waals surface area contributed by atoms with E-state index in [9.17, 15) is 4.79 Å². The first kappa shape index (κ1) is 30.9. The minimum atomic E-state index is -0.0257. The molecule has 1 atom stereocenters. The number of nitrogens with one attached hydrogen (secondary N) is 3. The Kier molecular flexibility index (Phi) is 11.6. The number of nitrogens with zero attached hydrogens (tertiary/aromatic N) is 4. The summed E-state index contributed by atoms with van der Waals surface area (Å²) in [6.07, 6.45) is 14.4. The number of amides is 1. The van der Waals surface area contributed by atoms with Crippen LogP contribution in [-0.2, 0) is 6.42 Å². The van der Waals surface area contributed by atoms with Gasteiger partial charge in [-0.3, -0.25) is 20.2 Å². The van der Waals surface area contributed by atoms with Crippen LogP contribution in [0, 0.1) is 5.92 Å². The first-order valence-corrected chi connectivity index (χ1v) is 15.1. The summed E-state index contributed by atoms with van der Waals surface area (Å²) in [5.74, 6) is 1.41. The number of likely N-dealkylation sites (tertiary alicyclic amines) is 1. The largest absolute Gasteiger partial charge is 0.352 e. The fraction of sp³-hybridized carbons (Fsp3) is 0.412. The van der Waals surface area contributed by atoms with Crippen LogP contribution in [0.25, 0.3) is 11.4 Å².